The van der Waals surface area contributed by atoms with Crippen molar-refractivity contribution in [1.82, 2.24) is 10.2 Å². The molecule has 1 heterocycles. The Balaban J connectivity index is 1.36. The van der Waals surface area contributed by atoms with Gasteiger partial charge in [0.2, 0.25) is 5.91 Å². The number of nitrogens with zero attached hydrogens (tertiary/aromatic N) is 1. The van der Waals surface area contributed by atoms with Crippen molar-refractivity contribution in [3.8, 4) is 0 Å². The minimum Gasteiger partial charge on any atom is -0.373 e. The summed E-state index contributed by atoms with van der Waals surface area (Å²) in [5, 5.41) is 3.13. The van der Waals surface area contributed by atoms with Crippen LogP contribution >= 0.6 is 0 Å². The van der Waals surface area contributed by atoms with Crippen LogP contribution in [-0.2, 0) is 11.3 Å². The van der Waals surface area contributed by atoms with E-state index in [9.17, 15) is 4.79 Å². The van der Waals surface area contributed by atoms with Gasteiger partial charge in [-0.05, 0) is 59.2 Å². The molecule has 29 heavy (non-hydrogen) atoms. The number of hydrogen-bond donors (Lipinski definition) is 1. The highest BCUT2D eigenvalue weighted by atomic mass is 16.1. The average Bonchev–Trinajstić information content (AvgIpc) is 3.57. The van der Waals surface area contributed by atoms with Gasteiger partial charge in [-0.3, -0.25) is 4.79 Å². The van der Waals surface area contributed by atoms with Gasteiger partial charge in [-0.2, -0.15) is 0 Å². The molecule has 0 spiro atoms. The first-order chi connectivity index (χ1) is 14.2. The molecule has 1 amide bonds. The average molecular weight is 387 g/mol. The summed E-state index contributed by atoms with van der Waals surface area (Å²) in [6, 6.07) is 18.7. The Morgan fingerprint density at radius 2 is 1.86 bits per heavy atom. The smallest absolute Gasteiger partial charge is 0.220 e. The molecular weight excluding hydrogens is 356 g/mol. The standard InChI is InChI=1S/C26H30N2O/c1-20(22-8-3-2-4-9-22)16-26(29)27-17-23-10-5-6-12-25(23)24-11-7-15-28(19-24)18-21-13-14-21/h2-12,15,20-21H,13-14,16-19H2,1H3,(H,27,29)/t20-/m1/s1. The monoisotopic (exact) mass is 386 g/mol. The van der Waals surface area contributed by atoms with Gasteiger partial charge in [-0.15, -0.1) is 0 Å². The van der Waals surface area contributed by atoms with E-state index in [0.717, 1.165) is 19.0 Å². The van der Waals surface area contributed by atoms with Crippen LogP contribution in [0.4, 0.5) is 0 Å². The molecule has 3 nitrogen and oxygen atoms in total. The zero-order valence-corrected chi connectivity index (χ0v) is 17.2. The van der Waals surface area contributed by atoms with Crippen molar-refractivity contribution in [2.24, 2.45) is 5.92 Å². The number of benzene rings is 2. The number of hydrogen-bond acceptors (Lipinski definition) is 2. The Morgan fingerprint density at radius 1 is 1.10 bits per heavy atom. The lowest BCUT2D eigenvalue weighted by Gasteiger charge is -2.26. The third-order valence-corrected chi connectivity index (χ3v) is 5.86. The molecule has 1 aliphatic carbocycles. The van der Waals surface area contributed by atoms with Crippen LogP contribution in [-0.4, -0.2) is 23.9 Å². The number of amides is 1. The molecule has 0 saturated heterocycles. The number of carbonyl (C=O) groups is 1. The maximum atomic E-state index is 12.5. The largest absolute Gasteiger partial charge is 0.373 e. The van der Waals surface area contributed by atoms with E-state index in [0.29, 0.717) is 13.0 Å². The molecule has 1 N–H and O–H groups in total. The van der Waals surface area contributed by atoms with Gasteiger partial charge in [0, 0.05) is 26.1 Å². The van der Waals surface area contributed by atoms with Gasteiger partial charge in [0.25, 0.3) is 0 Å². The van der Waals surface area contributed by atoms with E-state index in [1.807, 2.05) is 18.2 Å². The molecule has 150 valence electrons. The van der Waals surface area contributed by atoms with Crippen LogP contribution in [0.3, 0.4) is 0 Å². The first-order valence-electron chi connectivity index (χ1n) is 10.7. The number of carbonyl (C=O) groups excluding carboxylic acids is 1. The topological polar surface area (TPSA) is 32.3 Å². The minimum atomic E-state index is 0.101. The van der Waals surface area contributed by atoms with Gasteiger partial charge in [-0.25, -0.2) is 0 Å². The van der Waals surface area contributed by atoms with Crippen molar-refractivity contribution in [1.29, 1.82) is 0 Å². The van der Waals surface area contributed by atoms with Crippen LogP contribution in [0.25, 0.3) is 5.57 Å². The summed E-state index contributed by atoms with van der Waals surface area (Å²) < 4.78 is 0. The van der Waals surface area contributed by atoms with Crippen LogP contribution in [0.1, 0.15) is 48.8 Å². The fraction of sp³-hybridized carbons (Fsp3) is 0.346. The molecule has 3 heteroatoms. The highest BCUT2D eigenvalue weighted by Crippen LogP contribution is 2.31. The van der Waals surface area contributed by atoms with Crippen molar-refractivity contribution >= 4 is 11.5 Å². The molecule has 0 radical (unpaired) electrons. The summed E-state index contributed by atoms with van der Waals surface area (Å²) in [6.07, 6.45) is 9.81. The van der Waals surface area contributed by atoms with E-state index in [4.69, 9.17) is 0 Å². The molecule has 1 fully saturated rings. The molecule has 4 rings (SSSR count). The lowest BCUT2D eigenvalue weighted by Crippen LogP contribution is -2.26. The zero-order chi connectivity index (χ0) is 20.1. The minimum absolute atomic E-state index is 0.101. The quantitative estimate of drug-likeness (QED) is 0.683. The summed E-state index contributed by atoms with van der Waals surface area (Å²) in [4.78, 5) is 14.9. The maximum Gasteiger partial charge on any atom is 0.220 e. The summed E-state index contributed by atoms with van der Waals surface area (Å²) in [5.74, 6) is 1.19. The Hall–Kier alpha value is -2.81. The van der Waals surface area contributed by atoms with Crippen molar-refractivity contribution in [2.75, 3.05) is 13.1 Å². The second-order valence-electron chi connectivity index (χ2n) is 8.36. The second kappa shape index (κ2) is 9.13. The molecule has 0 bridgehead atoms. The predicted molar refractivity (Wildman–Crippen MR) is 119 cm³/mol. The molecule has 0 aromatic heterocycles. The van der Waals surface area contributed by atoms with Gasteiger partial charge in [0.1, 0.15) is 0 Å². The van der Waals surface area contributed by atoms with Crippen LogP contribution < -0.4 is 5.32 Å². The highest BCUT2D eigenvalue weighted by Gasteiger charge is 2.24. The maximum absolute atomic E-state index is 12.5. The molecule has 1 saturated carbocycles. The summed E-state index contributed by atoms with van der Waals surface area (Å²) in [5.41, 5.74) is 4.96. The summed E-state index contributed by atoms with van der Waals surface area (Å²) in [7, 11) is 0. The molecule has 1 atom stereocenters. The number of nitrogens with one attached hydrogen (secondary N) is 1. The second-order valence-corrected chi connectivity index (χ2v) is 8.36. The highest BCUT2D eigenvalue weighted by molar-refractivity contribution is 5.77. The molecule has 2 aliphatic rings. The van der Waals surface area contributed by atoms with Crippen molar-refractivity contribution in [2.45, 2.75) is 38.6 Å². The first kappa shape index (κ1) is 19.5. The van der Waals surface area contributed by atoms with Gasteiger partial charge in [0.15, 0.2) is 0 Å². The summed E-state index contributed by atoms with van der Waals surface area (Å²) in [6.45, 7) is 4.78. The van der Waals surface area contributed by atoms with Gasteiger partial charge < -0.3 is 10.2 Å². The molecule has 2 aromatic rings. The van der Waals surface area contributed by atoms with Gasteiger partial charge in [-0.1, -0.05) is 67.6 Å². The van der Waals surface area contributed by atoms with Crippen LogP contribution in [0, 0.1) is 5.92 Å². The van der Waals surface area contributed by atoms with E-state index in [1.54, 1.807) is 0 Å². The van der Waals surface area contributed by atoms with E-state index in [-0.39, 0.29) is 11.8 Å². The Bertz CT molecular complexity index is 896. The van der Waals surface area contributed by atoms with Gasteiger partial charge >= 0.3 is 0 Å². The van der Waals surface area contributed by atoms with E-state index < -0.39 is 0 Å². The van der Waals surface area contributed by atoms with Crippen molar-refractivity contribution in [3.63, 3.8) is 0 Å². The molecule has 2 aromatic carbocycles. The van der Waals surface area contributed by atoms with Crippen LogP contribution in [0.5, 0.6) is 0 Å². The van der Waals surface area contributed by atoms with Crippen molar-refractivity contribution < 1.29 is 4.79 Å². The van der Waals surface area contributed by atoms with E-state index >= 15 is 0 Å². The van der Waals surface area contributed by atoms with Gasteiger partial charge in [0.05, 0.1) is 0 Å². The van der Waals surface area contributed by atoms with E-state index in [2.05, 4.69) is 71.9 Å². The predicted octanol–water partition coefficient (Wildman–Crippen LogP) is 5.12. The molecular formula is C26H30N2O. The lowest BCUT2D eigenvalue weighted by atomic mass is 9.96. The fourth-order valence-corrected chi connectivity index (χ4v) is 3.97. The number of allylic oxidation sites excluding steroid dienone is 2. The van der Waals surface area contributed by atoms with Crippen LogP contribution in [0.2, 0.25) is 0 Å². The Morgan fingerprint density at radius 3 is 2.66 bits per heavy atom. The molecule has 0 unspecified atom stereocenters. The van der Waals surface area contributed by atoms with Crippen LogP contribution in [0.15, 0.2) is 72.9 Å². The number of rotatable bonds is 8. The molecule has 1 aliphatic heterocycles. The van der Waals surface area contributed by atoms with Crippen molar-refractivity contribution in [3.05, 3.63) is 89.6 Å². The van der Waals surface area contributed by atoms with E-state index in [1.165, 1.54) is 35.1 Å². The zero-order valence-electron chi connectivity index (χ0n) is 17.2. The summed E-state index contributed by atoms with van der Waals surface area (Å²) >= 11 is 0. The fourth-order valence-electron chi connectivity index (χ4n) is 3.97. The normalized spacial score (nSPS) is 17.0. The SMILES string of the molecule is C[C@H](CC(=O)NCc1ccccc1C1=CC=CN(CC2CC2)C1)c1ccccc1. The third kappa shape index (κ3) is 5.38. The Kier molecular flexibility index (Phi) is 6.14. The third-order valence-electron chi connectivity index (χ3n) is 5.86. The Labute approximate surface area is 174 Å². The lowest BCUT2D eigenvalue weighted by molar-refractivity contribution is -0.121. The first-order valence-corrected chi connectivity index (χ1v) is 10.7.